The molecule has 1 aliphatic rings. The normalized spacial score (nSPS) is 25.2. The molecule has 1 fully saturated rings. The van der Waals surface area contributed by atoms with E-state index >= 15 is 0 Å². The first kappa shape index (κ1) is 11.1. The van der Waals surface area contributed by atoms with Crippen molar-refractivity contribution in [3.63, 3.8) is 0 Å². The van der Waals surface area contributed by atoms with Crippen LogP contribution in [-0.2, 0) is 20.7 Å². The maximum atomic E-state index is 11.2. The second kappa shape index (κ2) is 5.12. The Bertz CT molecular complexity index is 347. The molecule has 16 heavy (non-hydrogen) atoms. The third kappa shape index (κ3) is 3.07. The Balaban J connectivity index is 1.84. The summed E-state index contributed by atoms with van der Waals surface area (Å²) in [5.74, 6) is -0.156. The third-order valence-electron chi connectivity index (χ3n) is 2.61. The SMILES string of the molecule is C[C@@H]1CC(=O)OC(CCc2ccccc2)O1. The Kier molecular flexibility index (Phi) is 3.57. The number of carbonyl (C=O) groups excluding carboxylic acids is 1. The zero-order valence-corrected chi connectivity index (χ0v) is 9.39. The van der Waals surface area contributed by atoms with Crippen LogP contribution in [0.3, 0.4) is 0 Å². The van der Waals surface area contributed by atoms with E-state index in [4.69, 9.17) is 9.47 Å². The van der Waals surface area contributed by atoms with Crippen molar-refractivity contribution in [3.8, 4) is 0 Å². The average Bonchev–Trinajstić information content (AvgIpc) is 2.27. The van der Waals surface area contributed by atoms with Gasteiger partial charge in [-0.25, -0.2) is 0 Å². The van der Waals surface area contributed by atoms with Crippen LogP contribution in [-0.4, -0.2) is 18.4 Å². The summed E-state index contributed by atoms with van der Waals surface area (Å²) in [6.45, 7) is 1.90. The van der Waals surface area contributed by atoms with Crippen molar-refractivity contribution in [1.82, 2.24) is 0 Å². The molecular weight excluding hydrogens is 204 g/mol. The average molecular weight is 220 g/mol. The highest BCUT2D eigenvalue weighted by molar-refractivity contribution is 5.70. The van der Waals surface area contributed by atoms with Gasteiger partial charge in [0.15, 0.2) is 0 Å². The van der Waals surface area contributed by atoms with E-state index in [0.29, 0.717) is 6.42 Å². The molecule has 1 heterocycles. The van der Waals surface area contributed by atoms with Crippen molar-refractivity contribution in [3.05, 3.63) is 35.9 Å². The molecule has 1 aliphatic heterocycles. The van der Waals surface area contributed by atoms with E-state index in [1.165, 1.54) is 5.56 Å². The lowest BCUT2D eigenvalue weighted by Gasteiger charge is -2.27. The first-order valence-electron chi connectivity index (χ1n) is 5.63. The van der Waals surface area contributed by atoms with Crippen LogP contribution in [0.1, 0.15) is 25.3 Å². The summed E-state index contributed by atoms with van der Waals surface area (Å²) in [7, 11) is 0. The Hall–Kier alpha value is -1.35. The maximum Gasteiger partial charge on any atom is 0.310 e. The monoisotopic (exact) mass is 220 g/mol. The molecule has 0 aromatic heterocycles. The van der Waals surface area contributed by atoms with Gasteiger partial charge >= 0.3 is 5.97 Å². The molecule has 0 bridgehead atoms. The highest BCUT2D eigenvalue weighted by atomic mass is 16.7. The Morgan fingerprint density at radius 2 is 2.06 bits per heavy atom. The fraction of sp³-hybridized carbons (Fsp3) is 0.462. The molecule has 1 unspecified atom stereocenters. The number of benzene rings is 1. The number of esters is 1. The summed E-state index contributed by atoms with van der Waals surface area (Å²) < 4.78 is 10.7. The lowest BCUT2D eigenvalue weighted by molar-refractivity contribution is -0.213. The predicted octanol–water partition coefficient (Wildman–Crippen LogP) is 2.30. The van der Waals surface area contributed by atoms with Crippen LogP contribution in [0.15, 0.2) is 30.3 Å². The van der Waals surface area contributed by atoms with Gasteiger partial charge in [0.05, 0.1) is 12.5 Å². The van der Waals surface area contributed by atoms with E-state index in [1.54, 1.807) is 0 Å². The van der Waals surface area contributed by atoms with Gasteiger partial charge in [0, 0.05) is 6.42 Å². The highest BCUT2D eigenvalue weighted by Crippen LogP contribution is 2.17. The summed E-state index contributed by atoms with van der Waals surface area (Å²) >= 11 is 0. The number of ether oxygens (including phenoxy) is 2. The van der Waals surface area contributed by atoms with Crippen LogP contribution in [0.4, 0.5) is 0 Å². The smallest absolute Gasteiger partial charge is 0.310 e. The molecule has 1 saturated heterocycles. The van der Waals surface area contributed by atoms with Gasteiger partial charge in [-0.05, 0) is 18.9 Å². The van der Waals surface area contributed by atoms with E-state index in [0.717, 1.165) is 12.8 Å². The number of carbonyl (C=O) groups is 1. The fourth-order valence-electron chi connectivity index (χ4n) is 1.82. The lowest BCUT2D eigenvalue weighted by atomic mass is 10.1. The maximum absolute atomic E-state index is 11.2. The molecule has 3 nitrogen and oxygen atoms in total. The summed E-state index contributed by atoms with van der Waals surface area (Å²) in [5.41, 5.74) is 1.24. The fourth-order valence-corrected chi connectivity index (χ4v) is 1.82. The van der Waals surface area contributed by atoms with Crippen LogP contribution in [0.2, 0.25) is 0 Å². The van der Waals surface area contributed by atoms with Crippen LogP contribution in [0.5, 0.6) is 0 Å². The minimum atomic E-state index is -0.378. The van der Waals surface area contributed by atoms with Gasteiger partial charge < -0.3 is 9.47 Å². The second-order valence-electron chi connectivity index (χ2n) is 4.09. The van der Waals surface area contributed by atoms with Gasteiger partial charge in [0.25, 0.3) is 0 Å². The summed E-state index contributed by atoms with van der Waals surface area (Å²) in [4.78, 5) is 11.2. The molecule has 3 heteroatoms. The predicted molar refractivity (Wildman–Crippen MR) is 59.8 cm³/mol. The summed E-state index contributed by atoms with van der Waals surface area (Å²) in [5, 5.41) is 0. The number of aryl methyl sites for hydroxylation is 1. The zero-order chi connectivity index (χ0) is 11.4. The molecule has 1 aromatic carbocycles. The Morgan fingerprint density at radius 1 is 1.31 bits per heavy atom. The van der Waals surface area contributed by atoms with Gasteiger partial charge in [-0.3, -0.25) is 4.79 Å². The molecule has 0 aliphatic carbocycles. The molecule has 0 amide bonds. The molecule has 2 atom stereocenters. The van der Waals surface area contributed by atoms with E-state index in [9.17, 15) is 4.79 Å². The van der Waals surface area contributed by atoms with E-state index < -0.39 is 0 Å². The molecule has 1 aromatic rings. The third-order valence-corrected chi connectivity index (χ3v) is 2.61. The Morgan fingerprint density at radius 3 is 2.75 bits per heavy atom. The van der Waals surface area contributed by atoms with E-state index in [1.807, 2.05) is 25.1 Å². The van der Waals surface area contributed by atoms with Crippen molar-refractivity contribution >= 4 is 5.97 Å². The molecule has 86 valence electrons. The standard InChI is InChI=1S/C13H16O3/c1-10-9-12(14)16-13(15-10)8-7-11-5-3-2-4-6-11/h2-6,10,13H,7-9H2,1H3/t10-,13?/m1/s1. The van der Waals surface area contributed by atoms with Crippen molar-refractivity contribution in [2.45, 2.75) is 38.6 Å². The molecule has 2 rings (SSSR count). The van der Waals surface area contributed by atoms with Gasteiger partial charge in [0.2, 0.25) is 6.29 Å². The number of hydrogen-bond donors (Lipinski definition) is 0. The highest BCUT2D eigenvalue weighted by Gasteiger charge is 2.25. The minimum absolute atomic E-state index is 0.0259. The second-order valence-corrected chi connectivity index (χ2v) is 4.09. The lowest BCUT2D eigenvalue weighted by Crippen LogP contribution is -2.34. The molecule has 0 radical (unpaired) electrons. The van der Waals surface area contributed by atoms with Crippen molar-refractivity contribution in [2.24, 2.45) is 0 Å². The molecular formula is C13H16O3. The summed E-state index contributed by atoms with van der Waals surface area (Å²) in [6.07, 6.45) is 1.55. The number of rotatable bonds is 3. The van der Waals surface area contributed by atoms with E-state index in [2.05, 4.69) is 12.1 Å². The first-order valence-corrected chi connectivity index (χ1v) is 5.63. The van der Waals surface area contributed by atoms with Gasteiger partial charge in [-0.2, -0.15) is 0 Å². The molecule has 0 spiro atoms. The van der Waals surface area contributed by atoms with Crippen LogP contribution in [0.25, 0.3) is 0 Å². The quantitative estimate of drug-likeness (QED) is 0.733. The van der Waals surface area contributed by atoms with Gasteiger partial charge in [-0.15, -0.1) is 0 Å². The number of hydrogen-bond acceptors (Lipinski definition) is 3. The van der Waals surface area contributed by atoms with Gasteiger partial charge in [0.1, 0.15) is 0 Å². The van der Waals surface area contributed by atoms with Crippen molar-refractivity contribution < 1.29 is 14.3 Å². The number of cyclic esters (lactones) is 1. The minimum Gasteiger partial charge on any atom is -0.436 e. The largest absolute Gasteiger partial charge is 0.436 e. The van der Waals surface area contributed by atoms with E-state index in [-0.39, 0.29) is 18.4 Å². The zero-order valence-electron chi connectivity index (χ0n) is 9.39. The molecule has 0 N–H and O–H groups in total. The topological polar surface area (TPSA) is 35.5 Å². The molecule has 0 saturated carbocycles. The van der Waals surface area contributed by atoms with Gasteiger partial charge in [-0.1, -0.05) is 30.3 Å². The first-order chi connectivity index (χ1) is 7.74. The van der Waals surface area contributed by atoms with Crippen LogP contribution in [0, 0.1) is 0 Å². The van der Waals surface area contributed by atoms with Crippen LogP contribution >= 0.6 is 0 Å². The summed E-state index contributed by atoms with van der Waals surface area (Å²) in [6, 6.07) is 10.1. The Labute approximate surface area is 95.4 Å². The van der Waals surface area contributed by atoms with Crippen LogP contribution < -0.4 is 0 Å². The van der Waals surface area contributed by atoms with Crippen molar-refractivity contribution in [2.75, 3.05) is 0 Å². The van der Waals surface area contributed by atoms with Crippen molar-refractivity contribution in [1.29, 1.82) is 0 Å².